The van der Waals surface area contributed by atoms with Crippen LogP contribution in [0.15, 0.2) is 85.4 Å². The molecule has 0 radical (unpaired) electrons. The van der Waals surface area contributed by atoms with Gasteiger partial charge >= 0.3 is 0 Å². The van der Waals surface area contributed by atoms with Crippen LogP contribution in [0.25, 0.3) is 0 Å². The van der Waals surface area contributed by atoms with E-state index in [4.69, 9.17) is 0 Å². The van der Waals surface area contributed by atoms with E-state index in [0.29, 0.717) is 23.5 Å². The number of piperidine rings is 1. The summed E-state index contributed by atoms with van der Waals surface area (Å²) in [5.41, 5.74) is 4.65. The Bertz CT molecular complexity index is 1140. The maximum atomic E-state index is 14.1. The molecular formula is C28H30F2N4. The second-order valence-electron chi connectivity index (χ2n) is 8.40. The van der Waals surface area contributed by atoms with Gasteiger partial charge in [-0.25, -0.2) is 8.78 Å². The van der Waals surface area contributed by atoms with Gasteiger partial charge in [0.05, 0.1) is 23.0 Å². The maximum Gasteiger partial charge on any atom is 0.129 e. The van der Waals surface area contributed by atoms with Crippen LogP contribution in [0.5, 0.6) is 0 Å². The molecule has 0 aliphatic carbocycles. The van der Waals surface area contributed by atoms with E-state index >= 15 is 0 Å². The number of rotatable bonds is 9. The molecule has 1 fully saturated rings. The van der Waals surface area contributed by atoms with Gasteiger partial charge in [-0.3, -0.25) is 0 Å². The second kappa shape index (κ2) is 11.9. The lowest BCUT2D eigenvalue weighted by Crippen LogP contribution is -2.34. The number of hydrogen-bond acceptors (Lipinski definition) is 4. The van der Waals surface area contributed by atoms with Crippen molar-refractivity contribution in [2.45, 2.75) is 26.2 Å². The van der Waals surface area contributed by atoms with E-state index < -0.39 is 11.6 Å². The van der Waals surface area contributed by atoms with Gasteiger partial charge < -0.3 is 15.5 Å². The second-order valence-corrected chi connectivity index (χ2v) is 8.40. The lowest BCUT2D eigenvalue weighted by atomic mass is 9.89. The smallest absolute Gasteiger partial charge is 0.129 e. The topological polar surface area (TPSA) is 51.1 Å². The number of benzene rings is 2. The molecule has 1 heterocycles. The third kappa shape index (κ3) is 6.58. The number of halogens is 2. The highest BCUT2D eigenvalue weighted by Gasteiger charge is 2.23. The van der Waals surface area contributed by atoms with E-state index in [2.05, 4.69) is 34.8 Å². The average molecular weight is 461 g/mol. The van der Waals surface area contributed by atoms with Gasteiger partial charge in [0.2, 0.25) is 0 Å². The normalized spacial score (nSPS) is 14.6. The summed E-state index contributed by atoms with van der Waals surface area (Å²) in [7, 11) is 0. The Balaban J connectivity index is 1.69. The summed E-state index contributed by atoms with van der Waals surface area (Å²) in [5.74, 6) is -0.687. The first-order valence-electron chi connectivity index (χ1n) is 11.3. The highest BCUT2D eigenvalue weighted by Crippen LogP contribution is 2.33. The van der Waals surface area contributed by atoms with Crippen molar-refractivity contribution in [3.05, 3.63) is 108 Å². The molecule has 2 aromatic carbocycles. The Labute approximate surface area is 200 Å². The quantitative estimate of drug-likeness (QED) is 0.424. The fourth-order valence-corrected chi connectivity index (χ4v) is 4.04. The zero-order valence-corrected chi connectivity index (χ0v) is 19.5. The Morgan fingerprint density at radius 2 is 1.97 bits per heavy atom. The summed E-state index contributed by atoms with van der Waals surface area (Å²) in [5, 5.41) is 15.6. The Hall–Kier alpha value is -3.85. The van der Waals surface area contributed by atoms with E-state index in [0.717, 1.165) is 54.6 Å². The minimum atomic E-state index is -0.548. The molecule has 3 rings (SSSR count). The van der Waals surface area contributed by atoms with Crippen LogP contribution in [0.3, 0.4) is 0 Å². The highest BCUT2D eigenvalue weighted by atomic mass is 19.1. The fraction of sp³-hybridized carbons (Fsp3) is 0.250. The number of nitrogens with one attached hydrogen (secondary N) is 2. The summed E-state index contributed by atoms with van der Waals surface area (Å²) in [4.78, 5) is 2.28. The van der Waals surface area contributed by atoms with E-state index in [1.165, 1.54) is 6.07 Å². The number of allylic oxidation sites excluding steroid dienone is 3. The average Bonchev–Trinajstić information content (AvgIpc) is 2.84. The molecule has 0 saturated carbocycles. The Kier molecular flexibility index (Phi) is 8.64. The highest BCUT2D eigenvalue weighted by molar-refractivity contribution is 5.74. The van der Waals surface area contributed by atoms with Gasteiger partial charge in [-0.05, 0) is 79.8 Å². The standard InChI is InChI=1S/C28H30F2N4/c1-4-32-13-5-6-20(2)21(3)33-27-17-23(19-31)7-10-28(27)34-14-11-22(12-15-34)16-24-8-9-25(29)18-26(24)30/h4-10,13,17-18,22,32-33H,1,3,11-12,14-16H2,2H3/b13-5-,20-6+. The predicted octanol–water partition coefficient (Wildman–Crippen LogP) is 6.41. The minimum Gasteiger partial charge on any atom is -0.370 e. The maximum absolute atomic E-state index is 14.1. The zero-order chi connectivity index (χ0) is 24.5. The first-order valence-corrected chi connectivity index (χ1v) is 11.3. The van der Waals surface area contributed by atoms with Crippen molar-refractivity contribution in [3.63, 3.8) is 0 Å². The van der Waals surface area contributed by atoms with Crippen molar-refractivity contribution in [2.75, 3.05) is 23.3 Å². The van der Waals surface area contributed by atoms with Crippen molar-refractivity contribution in [2.24, 2.45) is 5.92 Å². The van der Waals surface area contributed by atoms with Crippen LogP contribution in [0.1, 0.15) is 30.9 Å². The number of nitrogens with zero attached hydrogens (tertiary/aromatic N) is 2. The third-order valence-corrected chi connectivity index (χ3v) is 6.02. The lowest BCUT2D eigenvalue weighted by Gasteiger charge is -2.35. The van der Waals surface area contributed by atoms with Crippen LogP contribution in [0.2, 0.25) is 0 Å². The van der Waals surface area contributed by atoms with Crippen molar-refractivity contribution < 1.29 is 8.78 Å². The zero-order valence-electron chi connectivity index (χ0n) is 19.5. The molecule has 0 spiro atoms. The number of hydrogen-bond donors (Lipinski definition) is 2. The summed E-state index contributed by atoms with van der Waals surface area (Å²) < 4.78 is 27.3. The molecule has 0 amide bonds. The van der Waals surface area contributed by atoms with Gasteiger partial charge in [-0.2, -0.15) is 5.26 Å². The van der Waals surface area contributed by atoms with Gasteiger partial charge in [0.15, 0.2) is 0 Å². The van der Waals surface area contributed by atoms with Crippen LogP contribution < -0.4 is 15.5 Å². The summed E-state index contributed by atoms with van der Waals surface area (Å²) >= 11 is 0. The van der Waals surface area contributed by atoms with Crippen LogP contribution in [-0.4, -0.2) is 13.1 Å². The first kappa shape index (κ1) is 24.8. The molecular weight excluding hydrogens is 430 g/mol. The molecule has 6 heteroatoms. The van der Waals surface area contributed by atoms with Crippen LogP contribution in [0.4, 0.5) is 20.2 Å². The van der Waals surface area contributed by atoms with Gasteiger partial charge in [0, 0.05) is 31.1 Å². The minimum absolute atomic E-state index is 0.335. The molecule has 1 aliphatic heterocycles. The summed E-state index contributed by atoms with van der Waals surface area (Å²) in [6.07, 6.45) is 9.56. The fourth-order valence-electron chi connectivity index (χ4n) is 4.04. The van der Waals surface area contributed by atoms with Crippen molar-refractivity contribution in [1.82, 2.24) is 5.32 Å². The van der Waals surface area contributed by atoms with E-state index in [1.54, 1.807) is 18.5 Å². The molecule has 0 aromatic heterocycles. The molecule has 0 atom stereocenters. The molecule has 0 unspecified atom stereocenters. The van der Waals surface area contributed by atoms with Crippen molar-refractivity contribution in [3.8, 4) is 6.07 Å². The van der Waals surface area contributed by atoms with Gasteiger partial charge in [0.1, 0.15) is 11.6 Å². The van der Waals surface area contributed by atoms with Crippen LogP contribution in [-0.2, 0) is 6.42 Å². The predicted molar refractivity (Wildman–Crippen MR) is 135 cm³/mol. The molecule has 2 aromatic rings. The van der Waals surface area contributed by atoms with E-state index in [9.17, 15) is 14.0 Å². The number of nitriles is 1. The van der Waals surface area contributed by atoms with E-state index in [1.807, 2.05) is 37.3 Å². The molecule has 1 aliphatic rings. The first-order chi connectivity index (χ1) is 16.4. The SMILES string of the molecule is C=CN/C=C\C=C(/C)C(=C)Nc1cc(C#N)ccc1N1CCC(Cc2ccc(F)cc2F)CC1. The molecule has 176 valence electrons. The Morgan fingerprint density at radius 1 is 1.21 bits per heavy atom. The molecule has 0 bridgehead atoms. The monoisotopic (exact) mass is 460 g/mol. The molecule has 34 heavy (non-hydrogen) atoms. The van der Waals surface area contributed by atoms with Crippen LogP contribution in [0, 0.1) is 28.9 Å². The summed E-state index contributed by atoms with van der Waals surface area (Å²) in [6.45, 7) is 11.3. The molecule has 2 N–H and O–H groups in total. The van der Waals surface area contributed by atoms with Crippen LogP contribution >= 0.6 is 0 Å². The van der Waals surface area contributed by atoms with Gasteiger partial charge in [-0.15, -0.1) is 0 Å². The van der Waals surface area contributed by atoms with Crippen molar-refractivity contribution in [1.29, 1.82) is 5.26 Å². The van der Waals surface area contributed by atoms with Gasteiger partial charge in [0.25, 0.3) is 0 Å². The molecule has 4 nitrogen and oxygen atoms in total. The largest absolute Gasteiger partial charge is 0.370 e. The van der Waals surface area contributed by atoms with E-state index in [-0.39, 0.29) is 0 Å². The summed E-state index contributed by atoms with van der Waals surface area (Å²) in [6, 6.07) is 11.6. The van der Waals surface area contributed by atoms with Gasteiger partial charge in [-0.1, -0.05) is 25.3 Å². The lowest BCUT2D eigenvalue weighted by molar-refractivity contribution is 0.397. The molecule has 1 saturated heterocycles. The third-order valence-electron chi connectivity index (χ3n) is 6.02. The Morgan fingerprint density at radius 3 is 2.65 bits per heavy atom. The van der Waals surface area contributed by atoms with Crippen molar-refractivity contribution >= 4 is 11.4 Å². The number of anilines is 2.